The largest absolute Gasteiger partial charge is 0.365 e. The Morgan fingerprint density at radius 3 is 2.71 bits per heavy atom. The molecular weight excluding hydrogens is 445 g/mol. The van der Waals surface area contributed by atoms with E-state index >= 15 is 0 Å². The molecule has 0 bridgehead atoms. The highest BCUT2D eigenvalue weighted by molar-refractivity contribution is 5.98. The van der Waals surface area contributed by atoms with Gasteiger partial charge in [-0.2, -0.15) is 20.0 Å². The zero-order valence-corrected chi connectivity index (χ0v) is 19.2. The Bertz CT molecular complexity index is 1300. The third kappa shape index (κ3) is 5.30. The minimum atomic E-state index is -0.662. The SMILES string of the molecule is N#CCC1(n2cc(C(N)=O)c(Nc3ccnc(F)c3)n2)CCC(CCc2ccccc2C#N)CC1. The number of hydrogen-bond acceptors (Lipinski definition) is 6. The first kappa shape index (κ1) is 23.9. The maximum Gasteiger partial charge on any atom is 0.254 e. The van der Waals surface area contributed by atoms with Crippen LogP contribution in [-0.4, -0.2) is 20.7 Å². The summed E-state index contributed by atoms with van der Waals surface area (Å²) in [4.78, 5) is 15.6. The second kappa shape index (κ2) is 10.4. The maximum absolute atomic E-state index is 13.5. The van der Waals surface area contributed by atoms with Gasteiger partial charge in [-0.1, -0.05) is 18.2 Å². The van der Waals surface area contributed by atoms with Crippen molar-refractivity contribution >= 4 is 17.4 Å². The fraction of sp³-hybridized carbons (Fsp3) is 0.346. The van der Waals surface area contributed by atoms with Gasteiger partial charge in [0.25, 0.3) is 5.91 Å². The van der Waals surface area contributed by atoms with Gasteiger partial charge in [0.1, 0.15) is 5.56 Å². The molecule has 3 aromatic rings. The zero-order valence-electron chi connectivity index (χ0n) is 19.2. The molecule has 1 aliphatic rings. The van der Waals surface area contributed by atoms with Crippen molar-refractivity contribution in [3.63, 3.8) is 0 Å². The van der Waals surface area contributed by atoms with Crippen LogP contribution in [0.2, 0.25) is 0 Å². The highest BCUT2D eigenvalue weighted by atomic mass is 19.1. The Balaban J connectivity index is 1.51. The summed E-state index contributed by atoms with van der Waals surface area (Å²) >= 11 is 0. The van der Waals surface area contributed by atoms with E-state index in [4.69, 9.17) is 5.73 Å². The van der Waals surface area contributed by atoms with E-state index in [1.165, 1.54) is 12.3 Å². The predicted octanol–water partition coefficient (Wildman–Crippen LogP) is 4.56. The number of nitrogens with one attached hydrogen (secondary N) is 1. The Kier molecular flexibility index (Phi) is 7.07. The first-order chi connectivity index (χ1) is 16.9. The van der Waals surface area contributed by atoms with E-state index in [0.717, 1.165) is 44.1 Å². The number of amides is 1. The number of carbonyl (C=O) groups excluding carboxylic acids is 1. The number of carbonyl (C=O) groups is 1. The Labute approximate surface area is 203 Å². The van der Waals surface area contributed by atoms with E-state index in [1.54, 1.807) is 16.9 Å². The summed E-state index contributed by atoms with van der Waals surface area (Å²) in [6.07, 6.45) is 8.22. The van der Waals surface area contributed by atoms with E-state index in [9.17, 15) is 19.7 Å². The van der Waals surface area contributed by atoms with Crippen LogP contribution in [0.5, 0.6) is 0 Å². The number of nitrogens with zero attached hydrogens (tertiary/aromatic N) is 5. The van der Waals surface area contributed by atoms with Crippen LogP contribution in [0.4, 0.5) is 15.9 Å². The molecule has 35 heavy (non-hydrogen) atoms. The van der Waals surface area contributed by atoms with Gasteiger partial charge in [0, 0.05) is 24.1 Å². The van der Waals surface area contributed by atoms with E-state index < -0.39 is 17.4 Å². The zero-order chi connectivity index (χ0) is 24.8. The van der Waals surface area contributed by atoms with Crippen molar-refractivity contribution in [2.75, 3.05) is 5.32 Å². The molecule has 9 heteroatoms. The first-order valence-corrected chi connectivity index (χ1v) is 11.6. The van der Waals surface area contributed by atoms with Gasteiger partial charge >= 0.3 is 0 Å². The molecule has 1 fully saturated rings. The number of pyridine rings is 1. The van der Waals surface area contributed by atoms with Crippen molar-refractivity contribution in [3.05, 3.63) is 71.4 Å². The molecular formula is C26H26FN7O. The lowest BCUT2D eigenvalue weighted by Gasteiger charge is -2.39. The number of nitrogens with two attached hydrogens (primary N) is 1. The summed E-state index contributed by atoms with van der Waals surface area (Å²) in [6, 6.07) is 15.0. The monoisotopic (exact) mass is 471 g/mol. The molecule has 0 radical (unpaired) electrons. The third-order valence-corrected chi connectivity index (χ3v) is 6.86. The molecule has 178 valence electrons. The van der Waals surface area contributed by atoms with E-state index in [1.807, 2.05) is 24.3 Å². The van der Waals surface area contributed by atoms with Crippen molar-refractivity contribution in [1.82, 2.24) is 14.8 Å². The van der Waals surface area contributed by atoms with Crippen molar-refractivity contribution < 1.29 is 9.18 Å². The predicted molar refractivity (Wildman–Crippen MR) is 128 cm³/mol. The molecule has 0 spiro atoms. The van der Waals surface area contributed by atoms with Gasteiger partial charge in [-0.3, -0.25) is 9.48 Å². The smallest absolute Gasteiger partial charge is 0.254 e. The number of aromatic nitrogens is 3. The molecule has 1 aromatic carbocycles. The van der Waals surface area contributed by atoms with Crippen LogP contribution >= 0.6 is 0 Å². The van der Waals surface area contributed by atoms with E-state index in [2.05, 4.69) is 27.5 Å². The quantitative estimate of drug-likeness (QED) is 0.463. The Morgan fingerprint density at radius 1 is 1.26 bits per heavy atom. The number of hydrogen-bond donors (Lipinski definition) is 2. The molecule has 1 aliphatic carbocycles. The third-order valence-electron chi connectivity index (χ3n) is 6.86. The molecule has 1 amide bonds. The molecule has 2 heterocycles. The lowest BCUT2D eigenvalue weighted by atomic mass is 9.73. The van der Waals surface area contributed by atoms with Crippen LogP contribution in [0, 0.1) is 34.5 Å². The lowest BCUT2D eigenvalue weighted by molar-refractivity contribution is 0.1000. The van der Waals surface area contributed by atoms with Crippen LogP contribution in [0.1, 0.15) is 60.0 Å². The van der Waals surface area contributed by atoms with Crippen LogP contribution in [0.3, 0.4) is 0 Å². The van der Waals surface area contributed by atoms with Crippen molar-refractivity contribution in [1.29, 1.82) is 10.5 Å². The van der Waals surface area contributed by atoms with Crippen molar-refractivity contribution in [2.24, 2.45) is 11.7 Å². The number of rotatable bonds is 8. The molecule has 0 saturated heterocycles. The Hall–Kier alpha value is -4.24. The highest BCUT2D eigenvalue weighted by Gasteiger charge is 2.38. The van der Waals surface area contributed by atoms with Crippen LogP contribution in [0.25, 0.3) is 0 Å². The summed E-state index contributed by atoms with van der Waals surface area (Å²) in [7, 11) is 0. The van der Waals surface area contributed by atoms with Crippen molar-refractivity contribution in [2.45, 2.75) is 50.5 Å². The summed E-state index contributed by atoms with van der Waals surface area (Å²) in [5.41, 5.74) is 7.38. The molecule has 3 N–H and O–H groups in total. The number of benzene rings is 1. The second-order valence-corrected chi connectivity index (χ2v) is 9.00. The van der Waals surface area contributed by atoms with Gasteiger partial charge in [-0.05, 0) is 62.1 Å². The number of primary amides is 1. The van der Waals surface area contributed by atoms with E-state index in [0.29, 0.717) is 17.2 Å². The molecule has 4 rings (SSSR count). The van der Waals surface area contributed by atoms with Gasteiger partial charge in [-0.25, -0.2) is 4.98 Å². The number of aryl methyl sites for hydroxylation is 1. The molecule has 1 saturated carbocycles. The molecule has 2 aromatic heterocycles. The number of anilines is 2. The maximum atomic E-state index is 13.5. The molecule has 0 unspecified atom stereocenters. The lowest BCUT2D eigenvalue weighted by Crippen LogP contribution is -2.38. The minimum absolute atomic E-state index is 0.176. The number of halogens is 1. The summed E-state index contributed by atoms with van der Waals surface area (Å²) < 4.78 is 15.2. The standard InChI is InChI=1S/C26H26FN7O/c27-23-15-21(9-14-31-23)32-25-22(24(30)35)17-34(33-25)26(12-13-28)10-7-18(8-11-26)5-6-19-3-1-2-4-20(19)16-29/h1-4,9,14-15,17-18H,5-8,10-12H2,(H2,30,35)(H,31,32,33). The molecule has 0 aliphatic heterocycles. The summed E-state index contributed by atoms with van der Waals surface area (Å²) in [6.45, 7) is 0. The van der Waals surface area contributed by atoms with Gasteiger partial charge in [-0.15, -0.1) is 0 Å². The van der Waals surface area contributed by atoms with Crippen LogP contribution in [-0.2, 0) is 12.0 Å². The topological polar surface area (TPSA) is 133 Å². The summed E-state index contributed by atoms with van der Waals surface area (Å²) in [5, 5.41) is 26.5. The Morgan fingerprint density at radius 2 is 2.03 bits per heavy atom. The average Bonchev–Trinajstić information content (AvgIpc) is 3.29. The van der Waals surface area contributed by atoms with Gasteiger partial charge in [0.2, 0.25) is 5.95 Å². The van der Waals surface area contributed by atoms with E-state index in [-0.39, 0.29) is 17.8 Å². The fourth-order valence-corrected chi connectivity index (χ4v) is 4.85. The molecule has 8 nitrogen and oxygen atoms in total. The minimum Gasteiger partial charge on any atom is -0.365 e. The molecule has 0 atom stereocenters. The second-order valence-electron chi connectivity index (χ2n) is 9.00. The van der Waals surface area contributed by atoms with Crippen LogP contribution in [0.15, 0.2) is 48.8 Å². The van der Waals surface area contributed by atoms with Crippen LogP contribution < -0.4 is 11.1 Å². The first-order valence-electron chi connectivity index (χ1n) is 11.6. The fourth-order valence-electron chi connectivity index (χ4n) is 4.85. The summed E-state index contributed by atoms with van der Waals surface area (Å²) in [5.74, 6) is -0.635. The highest BCUT2D eigenvalue weighted by Crippen LogP contribution is 2.42. The van der Waals surface area contributed by atoms with Gasteiger partial charge in [0.15, 0.2) is 5.82 Å². The van der Waals surface area contributed by atoms with Gasteiger partial charge in [0.05, 0.1) is 29.7 Å². The van der Waals surface area contributed by atoms with Crippen molar-refractivity contribution in [3.8, 4) is 12.1 Å². The number of nitriles is 2. The van der Waals surface area contributed by atoms with Gasteiger partial charge < -0.3 is 11.1 Å². The normalized spacial score (nSPS) is 19.5. The average molecular weight is 472 g/mol.